The van der Waals surface area contributed by atoms with Crippen LogP contribution in [0.25, 0.3) is 5.57 Å². The number of carbonyl (C=O) groups is 2. The molecule has 0 spiro atoms. The van der Waals surface area contributed by atoms with Gasteiger partial charge in [-0.15, -0.1) is 0 Å². The first-order valence-corrected chi connectivity index (χ1v) is 12.3. The fraction of sp³-hybridized carbons (Fsp3) is 0.429. The second-order valence-corrected chi connectivity index (χ2v) is 9.96. The van der Waals surface area contributed by atoms with Gasteiger partial charge in [-0.25, -0.2) is 0 Å². The van der Waals surface area contributed by atoms with Crippen LogP contribution in [0, 0.1) is 5.92 Å². The highest BCUT2D eigenvalue weighted by molar-refractivity contribution is 6.07. The van der Waals surface area contributed by atoms with Crippen molar-refractivity contribution in [1.29, 1.82) is 0 Å². The van der Waals surface area contributed by atoms with Gasteiger partial charge in [-0.1, -0.05) is 32.0 Å². The van der Waals surface area contributed by atoms with Gasteiger partial charge in [0.25, 0.3) is 0 Å². The van der Waals surface area contributed by atoms with Crippen molar-refractivity contribution in [3.05, 3.63) is 64.7 Å². The first-order chi connectivity index (χ1) is 17.0. The van der Waals surface area contributed by atoms with Gasteiger partial charge in [0.05, 0.1) is 17.4 Å². The van der Waals surface area contributed by atoms with Gasteiger partial charge in [-0.2, -0.15) is 13.2 Å². The summed E-state index contributed by atoms with van der Waals surface area (Å²) < 4.78 is 40.4. The van der Waals surface area contributed by atoms with Crippen LogP contribution in [-0.2, 0) is 28.6 Å². The molecule has 0 fully saturated rings. The quantitative estimate of drug-likeness (QED) is 0.514. The van der Waals surface area contributed by atoms with Crippen molar-refractivity contribution in [1.82, 2.24) is 0 Å². The standard InChI is InChI=1S/C28H31F3N2O3/c1-17(2)6-11-27(36)33-13-12-19(22-10-8-20(15-25(22)33)28(29,30)31)14-26(35)32-24-5-3-4-18-7-9-21(34)16-23(18)24/h3-5,8,10,14-15,17,21,34H,6-7,9,11-13,16H2,1-2H3,(H,32,35)/b19-14+. The van der Waals surface area contributed by atoms with E-state index in [4.69, 9.17) is 0 Å². The van der Waals surface area contributed by atoms with E-state index in [1.807, 2.05) is 26.0 Å². The van der Waals surface area contributed by atoms with Crippen molar-refractivity contribution >= 4 is 28.8 Å². The summed E-state index contributed by atoms with van der Waals surface area (Å²) in [5, 5.41) is 12.9. The van der Waals surface area contributed by atoms with Gasteiger partial charge in [-0.05, 0) is 66.5 Å². The van der Waals surface area contributed by atoms with Crippen molar-refractivity contribution in [3.8, 4) is 0 Å². The molecule has 2 amide bonds. The Balaban J connectivity index is 1.63. The summed E-state index contributed by atoms with van der Waals surface area (Å²) in [5.41, 5.74) is 3.00. The summed E-state index contributed by atoms with van der Waals surface area (Å²) in [4.78, 5) is 27.3. The SMILES string of the molecule is CC(C)CCC(=O)N1CC/C(=C\C(=O)Nc2cccc3c2CC(O)CC3)c2ccc(C(F)(F)F)cc21. The molecular weight excluding hydrogens is 469 g/mol. The van der Waals surface area contributed by atoms with Crippen LogP contribution in [0.15, 0.2) is 42.5 Å². The molecule has 1 atom stereocenters. The van der Waals surface area contributed by atoms with Crippen molar-refractivity contribution in [2.24, 2.45) is 5.92 Å². The van der Waals surface area contributed by atoms with Gasteiger partial charge in [-0.3, -0.25) is 9.59 Å². The topological polar surface area (TPSA) is 69.6 Å². The molecule has 2 N–H and O–H groups in total. The molecule has 0 aromatic heterocycles. The fourth-order valence-corrected chi connectivity index (χ4v) is 4.86. The summed E-state index contributed by atoms with van der Waals surface area (Å²) in [7, 11) is 0. The molecular formula is C28H31F3N2O3. The number of carbonyl (C=O) groups excluding carboxylic acids is 2. The largest absolute Gasteiger partial charge is 0.416 e. The summed E-state index contributed by atoms with van der Waals surface area (Å²) in [6, 6.07) is 8.96. The molecule has 0 saturated carbocycles. The normalized spacial score (nSPS) is 18.7. The number of hydrogen-bond acceptors (Lipinski definition) is 3. The van der Waals surface area contributed by atoms with E-state index in [-0.39, 0.29) is 24.6 Å². The lowest BCUT2D eigenvalue weighted by molar-refractivity contribution is -0.137. The number of aliphatic hydroxyl groups is 1. The fourth-order valence-electron chi connectivity index (χ4n) is 4.86. The molecule has 192 valence electrons. The van der Waals surface area contributed by atoms with Gasteiger partial charge in [0, 0.05) is 36.7 Å². The molecule has 1 aliphatic carbocycles. The predicted molar refractivity (Wildman–Crippen MR) is 134 cm³/mol. The van der Waals surface area contributed by atoms with E-state index in [0.717, 1.165) is 29.7 Å². The lowest BCUT2D eigenvalue weighted by atomic mass is 9.88. The monoisotopic (exact) mass is 500 g/mol. The molecule has 0 bridgehead atoms. The Labute approximate surface area is 209 Å². The molecule has 0 radical (unpaired) electrons. The molecule has 4 rings (SSSR count). The number of nitrogens with zero attached hydrogens (tertiary/aromatic N) is 1. The van der Waals surface area contributed by atoms with E-state index in [0.29, 0.717) is 48.4 Å². The second-order valence-electron chi connectivity index (χ2n) is 9.96. The van der Waals surface area contributed by atoms with Crippen LogP contribution in [0.1, 0.15) is 61.8 Å². The van der Waals surface area contributed by atoms with E-state index in [1.165, 1.54) is 17.0 Å². The molecule has 5 nitrogen and oxygen atoms in total. The number of halogens is 3. The summed E-state index contributed by atoms with van der Waals surface area (Å²) in [6.07, 6.45) is -0.486. The summed E-state index contributed by atoms with van der Waals surface area (Å²) in [5.74, 6) is -0.324. The maximum Gasteiger partial charge on any atom is 0.416 e. The van der Waals surface area contributed by atoms with Crippen LogP contribution in [0.2, 0.25) is 0 Å². The predicted octanol–water partition coefficient (Wildman–Crippen LogP) is 5.75. The smallest absolute Gasteiger partial charge is 0.393 e. The number of nitrogens with one attached hydrogen (secondary N) is 1. The second kappa shape index (κ2) is 10.5. The molecule has 1 aliphatic heterocycles. The van der Waals surface area contributed by atoms with Gasteiger partial charge in [0.1, 0.15) is 0 Å². The highest BCUT2D eigenvalue weighted by Gasteiger charge is 2.34. The highest BCUT2D eigenvalue weighted by Crippen LogP contribution is 2.40. The van der Waals surface area contributed by atoms with Crippen LogP contribution < -0.4 is 10.2 Å². The maximum absolute atomic E-state index is 13.5. The Kier molecular flexibility index (Phi) is 7.54. The number of amides is 2. The molecule has 1 unspecified atom stereocenters. The van der Waals surface area contributed by atoms with Crippen molar-refractivity contribution < 1.29 is 27.9 Å². The lowest BCUT2D eigenvalue weighted by Crippen LogP contribution is -2.35. The van der Waals surface area contributed by atoms with Crippen LogP contribution in [0.5, 0.6) is 0 Å². The molecule has 0 saturated heterocycles. The van der Waals surface area contributed by atoms with Crippen molar-refractivity contribution in [2.75, 3.05) is 16.8 Å². The van der Waals surface area contributed by atoms with Crippen molar-refractivity contribution in [3.63, 3.8) is 0 Å². The third-order valence-corrected chi connectivity index (χ3v) is 6.83. The minimum atomic E-state index is -4.54. The minimum Gasteiger partial charge on any atom is -0.393 e. The van der Waals surface area contributed by atoms with E-state index < -0.39 is 23.8 Å². The Morgan fingerprint density at radius 3 is 2.69 bits per heavy atom. The number of alkyl halides is 3. The number of aryl methyl sites for hydroxylation is 1. The van der Waals surface area contributed by atoms with E-state index in [2.05, 4.69) is 5.32 Å². The average Bonchev–Trinajstić information content (AvgIpc) is 2.82. The van der Waals surface area contributed by atoms with E-state index in [1.54, 1.807) is 6.07 Å². The van der Waals surface area contributed by atoms with E-state index >= 15 is 0 Å². The zero-order valence-electron chi connectivity index (χ0n) is 20.5. The van der Waals surface area contributed by atoms with Crippen LogP contribution in [0.3, 0.4) is 0 Å². The molecule has 2 aromatic rings. The molecule has 2 aliphatic rings. The third-order valence-electron chi connectivity index (χ3n) is 6.83. The van der Waals surface area contributed by atoms with Crippen LogP contribution in [0.4, 0.5) is 24.5 Å². The molecule has 2 aromatic carbocycles. The van der Waals surface area contributed by atoms with Crippen LogP contribution in [-0.4, -0.2) is 29.6 Å². The van der Waals surface area contributed by atoms with Gasteiger partial charge in [0.2, 0.25) is 11.8 Å². The summed E-state index contributed by atoms with van der Waals surface area (Å²) in [6.45, 7) is 4.18. The number of anilines is 2. The van der Waals surface area contributed by atoms with Gasteiger partial charge in [0.15, 0.2) is 0 Å². The number of aliphatic hydroxyl groups excluding tert-OH is 1. The minimum absolute atomic E-state index is 0.184. The Morgan fingerprint density at radius 2 is 1.97 bits per heavy atom. The average molecular weight is 501 g/mol. The van der Waals surface area contributed by atoms with Crippen molar-refractivity contribution in [2.45, 2.75) is 64.7 Å². The number of fused-ring (bicyclic) bond motifs is 2. The zero-order chi connectivity index (χ0) is 26.0. The molecule has 36 heavy (non-hydrogen) atoms. The first-order valence-electron chi connectivity index (χ1n) is 12.3. The number of hydrogen-bond donors (Lipinski definition) is 2. The van der Waals surface area contributed by atoms with Crippen LogP contribution >= 0.6 is 0 Å². The number of rotatable bonds is 5. The first kappa shape index (κ1) is 25.9. The molecule has 8 heteroatoms. The van der Waals surface area contributed by atoms with Gasteiger partial charge >= 0.3 is 6.18 Å². The Morgan fingerprint density at radius 1 is 1.19 bits per heavy atom. The van der Waals surface area contributed by atoms with E-state index in [9.17, 15) is 27.9 Å². The zero-order valence-corrected chi connectivity index (χ0v) is 20.5. The lowest BCUT2D eigenvalue weighted by Gasteiger charge is -2.32. The third kappa shape index (κ3) is 5.81. The number of benzene rings is 2. The Hall–Kier alpha value is -3.13. The maximum atomic E-state index is 13.5. The summed E-state index contributed by atoms with van der Waals surface area (Å²) >= 11 is 0. The molecule has 1 heterocycles. The highest BCUT2D eigenvalue weighted by atomic mass is 19.4. The Bertz CT molecular complexity index is 1190. The van der Waals surface area contributed by atoms with Gasteiger partial charge < -0.3 is 15.3 Å².